The van der Waals surface area contributed by atoms with Crippen LogP contribution in [0, 0.1) is 5.92 Å². The molecule has 1 fully saturated rings. The molecule has 0 bridgehead atoms. The van der Waals surface area contributed by atoms with Gasteiger partial charge in [0.05, 0.1) is 20.1 Å². The Hall–Kier alpha value is 0.0569. The van der Waals surface area contributed by atoms with Gasteiger partial charge >= 0.3 is 8.80 Å². The van der Waals surface area contributed by atoms with Crippen LogP contribution in [0.5, 0.6) is 0 Å². The van der Waals surface area contributed by atoms with Crippen LogP contribution in [0.2, 0.25) is 0 Å². The highest BCUT2D eigenvalue weighted by Crippen LogP contribution is 2.28. The molecule has 0 aromatic carbocycles. The third kappa shape index (κ3) is 4.03. The smallest absolute Gasteiger partial charge is 0.374 e. The fraction of sp³-hybridized carbons (Fsp3) is 1.00. The van der Waals surface area contributed by atoms with Crippen LogP contribution in [-0.2, 0) is 13.3 Å². The van der Waals surface area contributed by atoms with E-state index in [-0.39, 0.29) is 0 Å². The molecule has 1 rings (SSSR count). The summed E-state index contributed by atoms with van der Waals surface area (Å²) in [4.78, 5) is 0. The van der Waals surface area contributed by atoms with Crippen molar-refractivity contribution in [1.29, 1.82) is 0 Å². The first-order valence-corrected chi connectivity index (χ1v) is 8.95. The first-order valence-electron chi connectivity index (χ1n) is 7.02. The normalized spacial score (nSPS) is 28.8. The average Bonchev–Trinajstić information content (AvgIpc) is 2.75. The van der Waals surface area contributed by atoms with Gasteiger partial charge in [0.1, 0.15) is 6.17 Å². The van der Waals surface area contributed by atoms with Crippen molar-refractivity contribution < 1.29 is 17.8 Å². The molecule has 18 heavy (non-hydrogen) atoms. The van der Waals surface area contributed by atoms with E-state index in [4.69, 9.17) is 13.3 Å². The molecule has 0 amide bonds. The minimum atomic E-state index is -2.44. The molecule has 5 heteroatoms. The lowest BCUT2D eigenvalue weighted by Gasteiger charge is -2.35. The van der Waals surface area contributed by atoms with Crippen molar-refractivity contribution >= 4 is 8.80 Å². The van der Waals surface area contributed by atoms with Gasteiger partial charge in [-0.05, 0) is 6.42 Å². The third-order valence-electron chi connectivity index (χ3n) is 4.25. The summed E-state index contributed by atoms with van der Waals surface area (Å²) in [7, 11) is 4.98. The molecule has 0 spiro atoms. The summed E-state index contributed by atoms with van der Waals surface area (Å²) < 4.78 is 17.7. The van der Waals surface area contributed by atoms with E-state index < -0.39 is 8.80 Å². The number of hydrogen-bond acceptors (Lipinski definition) is 3. The molecule has 1 saturated heterocycles. The zero-order valence-electron chi connectivity index (χ0n) is 12.7. The summed E-state index contributed by atoms with van der Waals surface area (Å²) in [5.41, 5.74) is 0. The quantitative estimate of drug-likeness (QED) is 0.502. The van der Waals surface area contributed by atoms with E-state index in [2.05, 4.69) is 14.0 Å². The summed E-state index contributed by atoms with van der Waals surface area (Å²) >= 11 is 0. The Morgan fingerprint density at radius 1 is 1.17 bits per heavy atom. The van der Waals surface area contributed by atoms with Crippen LogP contribution in [0.25, 0.3) is 0 Å². The molecule has 108 valence electrons. The molecule has 2 atom stereocenters. The minimum Gasteiger partial charge on any atom is -0.374 e. The van der Waals surface area contributed by atoms with Crippen molar-refractivity contribution in [3.63, 3.8) is 0 Å². The van der Waals surface area contributed by atoms with Gasteiger partial charge in [-0.1, -0.05) is 19.8 Å². The Bertz CT molecular complexity index is 240. The predicted octanol–water partition coefficient (Wildman–Crippen LogP) is 2.06. The third-order valence-corrected chi connectivity index (χ3v) is 7.27. The summed E-state index contributed by atoms with van der Waals surface area (Å²) in [6.45, 7) is 4.73. The molecule has 2 unspecified atom stereocenters. The van der Waals surface area contributed by atoms with Crippen LogP contribution in [0.3, 0.4) is 0 Å². The number of likely N-dealkylation sites (tertiary alicyclic amines) is 1. The monoisotopic (exact) mass is 276 g/mol. The molecule has 0 saturated carbocycles. The second kappa shape index (κ2) is 7.00. The zero-order valence-corrected chi connectivity index (χ0v) is 13.7. The second-order valence-electron chi connectivity index (χ2n) is 5.78. The Balaban J connectivity index is 2.55. The van der Waals surface area contributed by atoms with Gasteiger partial charge in [-0.2, -0.15) is 0 Å². The average molecular weight is 276 g/mol. The maximum absolute atomic E-state index is 5.56. The van der Waals surface area contributed by atoms with E-state index in [1.54, 1.807) is 21.3 Å². The number of unbranched alkanes of at least 4 members (excludes halogenated alkanes) is 1. The largest absolute Gasteiger partial charge is 0.558 e. The molecular weight excluding hydrogens is 246 g/mol. The van der Waals surface area contributed by atoms with Gasteiger partial charge in [0, 0.05) is 33.7 Å². The molecule has 1 heterocycles. The van der Waals surface area contributed by atoms with Crippen LogP contribution in [0.1, 0.15) is 32.6 Å². The van der Waals surface area contributed by atoms with E-state index >= 15 is 0 Å². The first-order chi connectivity index (χ1) is 8.53. The summed E-state index contributed by atoms with van der Waals surface area (Å²) in [6, 6.07) is 0. The predicted molar refractivity (Wildman–Crippen MR) is 75.2 cm³/mol. The van der Waals surface area contributed by atoms with E-state index in [0.29, 0.717) is 0 Å². The number of rotatable bonds is 8. The molecule has 1 aliphatic rings. The zero-order chi connectivity index (χ0) is 13.6. The molecule has 4 nitrogen and oxygen atoms in total. The molecular formula is C13H30NO3Si+. The summed E-state index contributed by atoms with van der Waals surface area (Å²) in [5.74, 6) is 0.868. The topological polar surface area (TPSA) is 27.7 Å². The Labute approximate surface area is 113 Å². The van der Waals surface area contributed by atoms with E-state index in [1.807, 2.05) is 0 Å². The minimum absolute atomic E-state index is 0.868. The lowest BCUT2D eigenvalue weighted by atomic mass is 10.0. The van der Waals surface area contributed by atoms with Crippen molar-refractivity contribution in [2.75, 3.05) is 47.6 Å². The van der Waals surface area contributed by atoms with Crippen molar-refractivity contribution in [2.45, 2.75) is 32.6 Å². The molecule has 0 N–H and O–H groups in total. The second-order valence-corrected chi connectivity index (χ2v) is 8.68. The van der Waals surface area contributed by atoms with Gasteiger partial charge in [-0.15, -0.1) is 0 Å². The Morgan fingerprint density at radius 3 is 2.28 bits per heavy atom. The van der Waals surface area contributed by atoms with Gasteiger partial charge in [-0.3, -0.25) is 0 Å². The van der Waals surface area contributed by atoms with Gasteiger partial charge in [0.2, 0.25) is 0 Å². The molecule has 0 aliphatic carbocycles. The van der Waals surface area contributed by atoms with Crippen LogP contribution >= 0.6 is 0 Å². The summed E-state index contributed by atoms with van der Waals surface area (Å²) in [5, 5.41) is 0. The van der Waals surface area contributed by atoms with E-state index in [0.717, 1.165) is 16.6 Å². The fourth-order valence-electron chi connectivity index (χ4n) is 3.08. The van der Waals surface area contributed by atoms with Crippen molar-refractivity contribution in [3.8, 4) is 0 Å². The summed E-state index contributed by atoms with van der Waals surface area (Å²) in [6.07, 6.45) is 6.24. The Kier molecular flexibility index (Phi) is 6.27. The maximum Gasteiger partial charge on any atom is 0.558 e. The van der Waals surface area contributed by atoms with Crippen LogP contribution < -0.4 is 0 Å². The van der Waals surface area contributed by atoms with Crippen molar-refractivity contribution in [3.05, 3.63) is 0 Å². The van der Waals surface area contributed by atoms with Crippen molar-refractivity contribution in [1.82, 2.24) is 0 Å². The fourth-order valence-corrected chi connectivity index (χ4v) is 5.19. The number of nitrogens with zero attached hydrogens (tertiary/aromatic N) is 1. The van der Waals surface area contributed by atoms with Gasteiger partial charge in [0.25, 0.3) is 0 Å². The highest BCUT2D eigenvalue weighted by atomic mass is 28.4. The van der Waals surface area contributed by atoms with Crippen LogP contribution in [-0.4, -0.2) is 60.9 Å². The highest BCUT2D eigenvalue weighted by molar-refractivity contribution is 6.60. The van der Waals surface area contributed by atoms with E-state index in [9.17, 15) is 0 Å². The van der Waals surface area contributed by atoms with Crippen molar-refractivity contribution in [2.24, 2.45) is 5.92 Å². The first kappa shape index (κ1) is 16.1. The molecule has 1 aliphatic heterocycles. The molecule has 0 aromatic rings. The van der Waals surface area contributed by atoms with Crippen LogP contribution in [0.4, 0.5) is 0 Å². The molecule has 0 radical (unpaired) electrons. The van der Waals surface area contributed by atoms with Crippen LogP contribution in [0.15, 0.2) is 0 Å². The highest BCUT2D eigenvalue weighted by Gasteiger charge is 2.49. The van der Waals surface area contributed by atoms with E-state index in [1.165, 1.54) is 38.8 Å². The lowest BCUT2D eigenvalue weighted by Crippen LogP contribution is -2.59. The number of hydrogen-bond donors (Lipinski definition) is 0. The van der Waals surface area contributed by atoms with Gasteiger partial charge in [-0.25, -0.2) is 0 Å². The van der Waals surface area contributed by atoms with Gasteiger partial charge in [0.15, 0.2) is 0 Å². The standard InChI is InChI=1S/C13H30NO3Si/c1-6-7-8-13-9-10-14(2,11-13)12-18(15-3,16-4)17-5/h13H,6-12H2,1-5H3/q+1. The Morgan fingerprint density at radius 2 is 1.78 bits per heavy atom. The maximum atomic E-state index is 5.56. The van der Waals surface area contributed by atoms with Gasteiger partial charge < -0.3 is 17.8 Å². The number of quaternary nitrogens is 1. The lowest BCUT2D eigenvalue weighted by molar-refractivity contribution is -0.891. The SMILES string of the molecule is CCCCC1CC[N+](C)(C[Si](OC)(OC)OC)C1. The molecule has 0 aromatic heterocycles.